The van der Waals surface area contributed by atoms with Gasteiger partial charge < -0.3 is 14.7 Å². The highest BCUT2D eigenvalue weighted by Crippen LogP contribution is 2.22. The third-order valence-corrected chi connectivity index (χ3v) is 2.70. The first kappa shape index (κ1) is 10.6. The zero-order valence-corrected chi connectivity index (χ0v) is 9.84. The monoisotopic (exact) mass is 240 g/mol. The van der Waals surface area contributed by atoms with Crippen LogP contribution in [0.4, 0.5) is 0 Å². The lowest BCUT2D eigenvalue weighted by Crippen LogP contribution is -1.84. The van der Waals surface area contributed by atoms with E-state index in [2.05, 4.69) is 19.9 Å². The van der Waals surface area contributed by atoms with Gasteiger partial charge in [-0.15, -0.1) is 0 Å². The number of hydrogen-bond acceptors (Lipinski definition) is 3. The Kier molecular flexibility index (Phi) is 2.57. The van der Waals surface area contributed by atoms with E-state index in [4.69, 9.17) is 4.74 Å². The summed E-state index contributed by atoms with van der Waals surface area (Å²) in [7, 11) is 1.65. The second kappa shape index (κ2) is 4.37. The van der Waals surface area contributed by atoms with Crippen LogP contribution in [0.1, 0.15) is 0 Å². The average Bonchev–Trinajstić information content (AvgIpc) is 3.09. The first-order chi connectivity index (χ1) is 8.86. The van der Waals surface area contributed by atoms with E-state index in [1.54, 1.807) is 25.7 Å². The molecule has 0 saturated carbocycles. The third kappa shape index (κ3) is 1.86. The lowest BCUT2D eigenvalue weighted by Gasteiger charge is -2.00. The highest BCUT2D eigenvalue weighted by atomic mass is 16.5. The molecule has 0 spiro atoms. The molecule has 2 N–H and O–H groups in total. The number of rotatable bonds is 3. The van der Waals surface area contributed by atoms with E-state index < -0.39 is 0 Å². The topological polar surface area (TPSA) is 66.6 Å². The molecule has 2 heterocycles. The number of aromatic nitrogens is 4. The molecule has 3 rings (SSSR count). The number of H-pyrrole nitrogens is 2. The summed E-state index contributed by atoms with van der Waals surface area (Å²) in [6.45, 7) is 0. The minimum Gasteiger partial charge on any atom is -0.497 e. The van der Waals surface area contributed by atoms with Crippen LogP contribution in [0, 0.1) is 0 Å². The number of hydrogen-bond donors (Lipinski definition) is 2. The molecule has 0 unspecified atom stereocenters. The number of imidazole rings is 2. The van der Waals surface area contributed by atoms with Crippen LogP contribution in [0.3, 0.4) is 0 Å². The summed E-state index contributed by atoms with van der Waals surface area (Å²) in [4.78, 5) is 14.7. The van der Waals surface area contributed by atoms with Gasteiger partial charge in [0.05, 0.1) is 19.0 Å². The molecule has 0 aliphatic carbocycles. The minimum atomic E-state index is 0.728. The van der Waals surface area contributed by atoms with Crippen molar-refractivity contribution >= 4 is 0 Å². The highest BCUT2D eigenvalue weighted by molar-refractivity contribution is 5.62. The van der Waals surface area contributed by atoms with Crippen LogP contribution in [0.5, 0.6) is 5.75 Å². The fourth-order valence-corrected chi connectivity index (χ4v) is 1.75. The Morgan fingerprint density at radius 3 is 2.56 bits per heavy atom. The molecule has 0 amide bonds. The van der Waals surface area contributed by atoms with Crippen molar-refractivity contribution in [1.82, 2.24) is 19.9 Å². The molecule has 3 aromatic rings. The van der Waals surface area contributed by atoms with Crippen LogP contribution in [-0.4, -0.2) is 27.0 Å². The van der Waals surface area contributed by atoms with Crippen molar-refractivity contribution in [2.24, 2.45) is 0 Å². The van der Waals surface area contributed by atoms with Gasteiger partial charge in [-0.2, -0.15) is 0 Å². The van der Waals surface area contributed by atoms with E-state index in [-0.39, 0.29) is 0 Å². The molecular formula is C13H12N4O. The first-order valence-electron chi connectivity index (χ1n) is 5.56. The van der Waals surface area contributed by atoms with E-state index >= 15 is 0 Å². The van der Waals surface area contributed by atoms with Crippen molar-refractivity contribution in [3.05, 3.63) is 42.9 Å². The van der Waals surface area contributed by atoms with E-state index in [9.17, 15) is 0 Å². The van der Waals surface area contributed by atoms with Crippen LogP contribution in [0.25, 0.3) is 22.9 Å². The Morgan fingerprint density at radius 1 is 1.06 bits per heavy atom. The Morgan fingerprint density at radius 2 is 1.89 bits per heavy atom. The maximum Gasteiger partial charge on any atom is 0.174 e. The van der Waals surface area contributed by atoms with Gasteiger partial charge in [-0.1, -0.05) is 0 Å². The molecule has 0 aliphatic heterocycles. The first-order valence-corrected chi connectivity index (χ1v) is 5.56. The molecule has 0 bridgehead atoms. The van der Waals surface area contributed by atoms with Crippen LogP contribution in [0.15, 0.2) is 42.9 Å². The Balaban J connectivity index is 1.92. The maximum atomic E-state index is 5.13. The smallest absolute Gasteiger partial charge is 0.174 e. The zero-order valence-electron chi connectivity index (χ0n) is 9.84. The SMILES string of the molecule is COc1ccc(-c2cnc(-c3ncc[nH]3)[nH]2)cc1. The predicted molar refractivity (Wildman–Crippen MR) is 68.2 cm³/mol. The van der Waals surface area contributed by atoms with Crippen molar-refractivity contribution in [3.8, 4) is 28.7 Å². The van der Waals surface area contributed by atoms with Crippen molar-refractivity contribution in [2.45, 2.75) is 0 Å². The van der Waals surface area contributed by atoms with E-state index in [0.717, 1.165) is 28.7 Å². The number of ether oxygens (including phenoxy) is 1. The number of benzene rings is 1. The molecule has 5 nitrogen and oxygen atoms in total. The number of methoxy groups -OCH3 is 1. The molecule has 2 aromatic heterocycles. The summed E-state index contributed by atoms with van der Waals surface area (Å²) in [5.41, 5.74) is 2.00. The Hall–Kier alpha value is -2.56. The normalized spacial score (nSPS) is 10.5. The number of nitrogens with zero attached hydrogens (tertiary/aromatic N) is 2. The van der Waals surface area contributed by atoms with Crippen molar-refractivity contribution in [1.29, 1.82) is 0 Å². The molecule has 1 aromatic carbocycles. The molecule has 0 fully saturated rings. The van der Waals surface area contributed by atoms with Gasteiger partial charge in [0, 0.05) is 12.4 Å². The highest BCUT2D eigenvalue weighted by Gasteiger charge is 2.06. The fourth-order valence-electron chi connectivity index (χ4n) is 1.75. The summed E-state index contributed by atoms with van der Waals surface area (Å²) in [6.07, 6.45) is 5.26. The van der Waals surface area contributed by atoms with Gasteiger partial charge in [0.25, 0.3) is 0 Å². The summed E-state index contributed by atoms with van der Waals surface area (Å²) in [6, 6.07) is 7.81. The van der Waals surface area contributed by atoms with Gasteiger partial charge in [-0.25, -0.2) is 9.97 Å². The Labute approximate surface area is 104 Å². The largest absolute Gasteiger partial charge is 0.497 e. The van der Waals surface area contributed by atoms with E-state index in [1.807, 2.05) is 24.3 Å². The van der Waals surface area contributed by atoms with Gasteiger partial charge in [-0.3, -0.25) is 0 Å². The number of aromatic amines is 2. The van der Waals surface area contributed by atoms with Crippen LogP contribution >= 0.6 is 0 Å². The molecule has 18 heavy (non-hydrogen) atoms. The van der Waals surface area contributed by atoms with Gasteiger partial charge >= 0.3 is 0 Å². The lowest BCUT2D eigenvalue weighted by molar-refractivity contribution is 0.415. The molecule has 5 heteroatoms. The summed E-state index contributed by atoms with van der Waals surface area (Å²) < 4.78 is 5.13. The van der Waals surface area contributed by atoms with Gasteiger partial charge in [0.2, 0.25) is 0 Å². The molecular weight excluding hydrogens is 228 g/mol. The molecule has 90 valence electrons. The van der Waals surface area contributed by atoms with Crippen LogP contribution < -0.4 is 4.74 Å². The standard InChI is InChI=1S/C13H12N4O/c1-18-10-4-2-9(3-5-10)11-8-16-13(17-11)12-14-6-7-15-12/h2-8H,1H3,(H,14,15)(H,16,17). The molecule has 0 atom stereocenters. The lowest BCUT2D eigenvalue weighted by atomic mass is 10.2. The second-order valence-corrected chi connectivity index (χ2v) is 3.81. The fraction of sp³-hybridized carbons (Fsp3) is 0.0769. The van der Waals surface area contributed by atoms with Crippen molar-refractivity contribution in [2.75, 3.05) is 7.11 Å². The van der Waals surface area contributed by atoms with E-state index in [0.29, 0.717) is 0 Å². The second-order valence-electron chi connectivity index (χ2n) is 3.81. The van der Waals surface area contributed by atoms with Crippen LogP contribution in [0.2, 0.25) is 0 Å². The third-order valence-electron chi connectivity index (χ3n) is 2.70. The van der Waals surface area contributed by atoms with Gasteiger partial charge in [-0.05, 0) is 29.8 Å². The van der Waals surface area contributed by atoms with Crippen molar-refractivity contribution < 1.29 is 4.74 Å². The van der Waals surface area contributed by atoms with Crippen molar-refractivity contribution in [3.63, 3.8) is 0 Å². The molecule has 0 saturated heterocycles. The number of nitrogens with one attached hydrogen (secondary N) is 2. The summed E-state index contributed by atoms with van der Waals surface area (Å²) >= 11 is 0. The van der Waals surface area contributed by atoms with Gasteiger partial charge in [0.15, 0.2) is 11.6 Å². The quantitative estimate of drug-likeness (QED) is 0.739. The molecule has 0 radical (unpaired) electrons. The minimum absolute atomic E-state index is 0.728. The molecule has 0 aliphatic rings. The summed E-state index contributed by atoms with van der Waals surface area (Å²) in [5.74, 6) is 2.30. The average molecular weight is 240 g/mol. The van der Waals surface area contributed by atoms with Gasteiger partial charge in [0.1, 0.15) is 5.75 Å². The maximum absolute atomic E-state index is 5.13. The zero-order chi connectivity index (χ0) is 12.4. The van der Waals surface area contributed by atoms with Crippen LogP contribution in [-0.2, 0) is 0 Å². The van der Waals surface area contributed by atoms with E-state index in [1.165, 1.54) is 0 Å². The predicted octanol–water partition coefficient (Wildman–Crippen LogP) is 2.48. The summed E-state index contributed by atoms with van der Waals surface area (Å²) in [5, 5.41) is 0. The Bertz CT molecular complexity index is 625.